The highest BCUT2D eigenvalue weighted by atomic mass is 16.5. The molecular weight excluding hydrogens is 138 g/mol. The van der Waals surface area contributed by atoms with Crippen LogP contribution in [0.1, 0.15) is 33.1 Å². The van der Waals surface area contributed by atoms with Crippen molar-refractivity contribution < 1.29 is 4.74 Å². The van der Waals surface area contributed by atoms with Gasteiger partial charge in [-0.25, -0.2) is 0 Å². The minimum absolute atomic E-state index is 0.161. The first-order valence-corrected chi connectivity index (χ1v) is 4.57. The van der Waals surface area contributed by atoms with Crippen LogP contribution in [0.15, 0.2) is 0 Å². The fourth-order valence-electron chi connectivity index (χ4n) is 0.979. The van der Waals surface area contributed by atoms with Gasteiger partial charge >= 0.3 is 0 Å². The molecule has 0 amide bonds. The molecule has 0 saturated heterocycles. The molecule has 1 rings (SSSR count). The zero-order valence-electron chi connectivity index (χ0n) is 7.55. The Hall–Kier alpha value is -0.0800. The molecule has 0 spiro atoms. The van der Waals surface area contributed by atoms with Crippen molar-refractivity contribution in [2.75, 3.05) is 6.61 Å². The second kappa shape index (κ2) is 4.07. The van der Waals surface area contributed by atoms with Gasteiger partial charge in [0.25, 0.3) is 0 Å². The maximum absolute atomic E-state index is 5.64. The van der Waals surface area contributed by atoms with Crippen LogP contribution in [0.25, 0.3) is 0 Å². The van der Waals surface area contributed by atoms with E-state index >= 15 is 0 Å². The number of ether oxygens (including phenoxy) is 1. The van der Waals surface area contributed by atoms with Crippen molar-refractivity contribution in [1.29, 1.82) is 0 Å². The molecule has 1 aliphatic carbocycles. The van der Waals surface area contributed by atoms with E-state index in [0.29, 0.717) is 0 Å². The second-order valence-electron chi connectivity index (χ2n) is 3.67. The summed E-state index contributed by atoms with van der Waals surface area (Å²) < 4.78 is 5.53. The molecule has 66 valence electrons. The largest absolute Gasteiger partial charge is 0.377 e. The van der Waals surface area contributed by atoms with E-state index in [9.17, 15) is 0 Å². The molecule has 2 atom stereocenters. The normalized spacial score (nSPS) is 23.2. The molecule has 1 saturated carbocycles. The maximum atomic E-state index is 5.64. The predicted molar refractivity (Wildman–Crippen MR) is 46.4 cm³/mol. The Balaban J connectivity index is 1.92. The lowest BCUT2D eigenvalue weighted by Crippen LogP contribution is -2.31. The highest BCUT2D eigenvalue weighted by Crippen LogP contribution is 2.32. The Morgan fingerprint density at radius 3 is 2.55 bits per heavy atom. The van der Waals surface area contributed by atoms with Gasteiger partial charge in [0, 0.05) is 12.6 Å². The van der Waals surface area contributed by atoms with Crippen LogP contribution in [-0.2, 0) is 4.74 Å². The summed E-state index contributed by atoms with van der Waals surface area (Å²) >= 11 is 0. The van der Waals surface area contributed by atoms with Gasteiger partial charge in [-0.05, 0) is 26.2 Å². The summed E-state index contributed by atoms with van der Waals surface area (Å²) in [5.74, 6) is 0.968. The van der Waals surface area contributed by atoms with E-state index in [0.717, 1.165) is 12.5 Å². The molecule has 1 fully saturated rings. The molecular formula is C9H19NO. The van der Waals surface area contributed by atoms with Gasteiger partial charge in [0.2, 0.25) is 0 Å². The first kappa shape index (κ1) is 9.01. The number of nitrogens with two attached hydrogens (primary N) is 1. The van der Waals surface area contributed by atoms with Crippen molar-refractivity contribution in [3.05, 3.63) is 0 Å². The second-order valence-corrected chi connectivity index (χ2v) is 3.67. The third-order valence-electron chi connectivity index (χ3n) is 2.34. The standard InChI is InChI=1S/C9H19NO/c1-7(10)8(2)11-6-5-9-3-4-9/h7-9H,3-6,10H2,1-2H3/t7-,8?/m1/s1. The van der Waals surface area contributed by atoms with Crippen LogP contribution in [0.2, 0.25) is 0 Å². The van der Waals surface area contributed by atoms with E-state index in [1.54, 1.807) is 0 Å². The van der Waals surface area contributed by atoms with Crippen molar-refractivity contribution >= 4 is 0 Å². The van der Waals surface area contributed by atoms with Crippen LogP contribution in [0, 0.1) is 5.92 Å². The summed E-state index contributed by atoms with van der Waals surface area (Å²) in [5, 5.41) is 0. The summed E-state index contributed by atoms with van der Waals surface area (Å²) in [6, 6.07) is 0.161. The van der Waals surface area contributed by atoms with Gasteiger partial charge in [-0.3, -0.25) is 0 Å². The van der Waals surface area contributed by atoms with Crippen LogP contribution in [0.4, 0.5) is 0 Å². The van der Waals surface area contributed by atoms with Crippen molar-refractivity contribution in [2.45, 2.75) is 45.3 Å². The molecule has 2 heteroatoms. The maximum Gasteiger partial charge on any atom is 0.0695 e. The lowest BCUT2D eigenvalue weighted by atomic mass is 10.2. The molecule has 0 heterocycles. The van der Waals surface area contributed by atoms with Gasteiger partial charge in [0.1, 0.15) is 0 Å². The Labute approximate surface area is 69.1 Å². The lowest BCUT2D eigenvalue weighted by Gasteiger charge is -2.16. The lowest BCUT2D eigenvalue weighted by molar-refractivity contribution is 0.0484. The average molecular weight is 157 g/mol. The van der Waals surface area contributed by atoms with Gasteiger partial charge in [-0.1, -0.05) is 12.8 Å². The van der Waals surface area contributed by atoms with Crippen molar-refractivity contribution in [3.8, 4) is 0 Å². The first-order valence-electron chi connectivity index (χ1n) is 4.57. The van der Waals surface area contributed by atoms with Crippen molar-refractivity contribution in [3.63, 3.8) is 0 Å². The van der Waals surface area contributed by atoms with E-state index in [1.807, 2.05) is 13.8 Å². The molecule has 2 nitrogen and oxygen atoms in total. The quantitative estimate of drug-likeness (QED) is 0.657. The molecule has 0 aromatic rings. The summed E-state index contributed by atoms with van der Waals surface area (Å²) in [6.45, 7) is 4.92. The third kappa shape index (κ3) is 3.73. The fraction of sp³-hybridized carbons (Fsp3) is 1.00. The molecule has 0 bridgehead atoms. The van der Waals surface area contributed by atoms with Crippen LogP contribution in [0.3, 0.4) is 0 Å². The van der Waals surface area contributed by atoms with Crippen LogP contribution < -0.4 is 5.73 Å². The molecule has 2 N–H and O–H groups in total. The van der Waals surface area contributed by atoms with Crippen LogP contribution >= 0.6 is 0 Å². The zero-order chi connectivity index (χ0) is 8.27. The minimum Gasteiger partial charge on any atom is -0.377 e. The molecule has 1 unspecified atom stereocenters. The van der Waals surface area contributed by atoms with Crippen molar-refractivity contribution in [1.82, 2.24) is 0 Å². The molecule has 0 aromatic carbocycles. The summed E-state index contributed by atoms with van der Waals surface area (Å²) in [7, 11) is 0. The minimum atomic E-state index is 0.161. The molecule has 11 heavy (non-hydrogen) atoms. The van der Waals surface area contributed by atoms with E-state index in [4.69, 9.17) is 10.5 Å². The van der Waals surface area contributed by atoms with E-state index in [1.165, 1.54) is 19.3 Å². The third-order valence-corrected chi connectivity index (χ3v) is 2.34. The predicted octanol–water partition coefficient (Wildman–Crippen LogP) is 1.54. The van der Waals surface area contributed by atoms with E-state index in [2.05, 4.69) is 0 Å². The Morgan fingerprint density at radius 1 is 1.45 bits per heavy atom. The summed E-state index contributed by atoms with van der Waals surface area (Å²) in [4.78, 5) is 0. The highest BCUT2D eigenvalue weighted by molar-refractivity contribution is 4.73. The smallest absolute Gasteiger partial charge is 0.0695 e. The summed E-state index contributed by atoms with van der Waals surface area (Å²) in [5.41, 5.74) is 5.64. The number of hydrogen-bond acceptors (Lipinski definition) is 2. The van der Waals surface area contributed by atoms with Gasteiger partial charge < -0.3 is 10.5 Å². The van der Waals surface area contributed by atoms with E-state index < -0.39 is 0 Å². The van der Waals surface area contributed by atoms with E-state index in [-0.39, 0.29) is 12.1 Å². The van der Waals surface area contributed by atoms with Crippen LogP contribution in [0.5, 0.6) is 0 Å². The van der Waals surface area contributed by atoms with Gasteiger partial charge in [-0.15, -0.1) is 0 Å². The van der Waals surface area contributed by atoms with Gasteiger partial charge in [0.05, 0.1) is 6.10 Å². The Morgan fingerprint density at radius 2 is 2.09 bits per heavy atom. The average Bonchev–Trinajstić information content (AvgIpc) is 2.71. The van der Waals surface area contributed by atoms with Gasteiger partial charge in [-0.2, -0.15) is 0 Å². The molecule has 0 aliphatic heterocycles. The van der Waals surface area contributed by atoms with Crippen LogP contribution in [-0.4, -0.2) is 18.8 Å². The zero-order valence-corrected chi connectivity index (χ0v) is 7.55. The fourth-order valence-corrected chi connectivity index (χ4v) is 0.979. The number of rotatable bonds is 5. The molecule has 1 aliphatic rings. The highest BCUT2D eigenvalue weighted by Gasteiger charge is 2.21. The first-order chi connectivity index (χ1) is 5.20. The topological polar surface area (TPSA) is 35.2 Å². The Bertz CT molecular complexity index is 110. The summed E-state index contributed by atoms with van der Waals surface area (Å²) in [6.07, 6.45) is 4.27. The molecule has 0 aromatic heterocycles. The molecule has 0 radical (unpaired) electrons. The Kier molecular flexibility index (Phi) is 3.34. The van der Waals surface area contributed by atoms with Crippen molar-refractivity contribution in [2.24, 2.45) is 11.7 Å². The SMILES string of the molecule is CC(OCCC1CC1)[C@@H](C)N. The number of hydrogen-bond donors (Lipinski definition) is 1. The van der Waals surface area contributed by atoms with Gasteiger partial charge in [0.15, 0.2) is 0 Å². The monoisotopic (exact) mass is 157 g/mol.